The summed E-state index contributed by atoms with van der Waals surface area (Å²) in [5.74, 6) is -0.471. The Bertz CT molecular complexity index is 347. The van der Waals surface area contributed by atoms with Crippen LogP contribution in [-0.4, -0.2) is 40.8 Å². The zero-order valence-electron chi connectivity index (χ0n) is 11.7. The molecule has 0 bridgehead atoms. The molecule has 19 heavy (non-hydrogen) atoms. The van der Waals surface area contributed by atoms with Crippen LogP contribution in [0.25, 0.3) is 0 Å². The lowest BCUT2D eigenvalue weighted by molar-refractivity contribution is -0.140. The second-order valence-corrected chi connectivity index (χ2v) is 5.21. The van der Waals surface area contributed by atoms with Crippen molar-refractivity contribution >= 4 is 12.1 Å². The molecule has 108 valence electrons. The Labute approximate surface area is 114 Å². The number of hydrogen-bond donors (Lipinski definition) is 1. The van der Waals surface area contributed by atoms with Crippen LogP contribution in [0, 0.1) is 0 Å². The van der Waals surface area contributed by atoms with Crippen molar-refractivity contribution in [3.8, 4) is 0 Å². The Hall–Kier alpha value is -1.52. The Morgan fingerprint density at radius 2 is 1.95 bits per heavy atom. The zero-order chi connectivity index (χ0) is 14.4. The van der Waals surface area contributed by atoms with Crippen LogP contribution in [0.4, 0.5) is 4.79 Å². The molecule has 0 aromatic rings. The van der Waals surface area contributed by atoms with Gasteiger partial charge < -0.3 is 9.84 Å². The molecule has 1 saturated carbocycles. The van der Waals surface area contributed by atoms with E-state index in [-0.39, 0.29) is 18.7 Å². The van der Waals surface area contributed by atoms with Crippen LogP contribution in [0.2, 0.25) is 0 Å². The summed E-state index contributed by atoms with van der Waals surface area (Å²) in [5.41, 5.74) is 0.326. The van der Waals surface area contributed by atoms with Crippen LogP contribution in [0.15, 0.2) is 12.2 Å². The molecule has 5 nitrogen and oxygen atoms in total. The summed E-state index contributed by atoms with van der Waals surface area (Å²) in [4.78, 5) is 24.2. The smallest absolute Gasteiger partial charge is 0.407 e. The highest BCUT2D eigenvalue weighted by atomic mass is 16.5. The van der Waals surface area contributed by atoms with Gasteiger partial charge in [0.1, 0.15) is 6.61 Å². The van der Waals surface area contributed by atoms with Gasteiger partial charge in [0.05, 0.1) is 6.04 Å². The molecule has 0 aliphatic heterocycles. The fourth-order valence-electron chi connectivity index (χ4n) is 2.46. The number of nitrogens with zero attached hydrogens (tertiary/aromatic N) is 1. The van der Waals surface area contributed by atoms with E-state index in [4.69, 9.17) is 4.74 Å². The van der Waals surface area contributed by atoms with E-state index in [1.807, 2.05) is 0 Å². The fourth-order valence-corrected chi connectivity index (χ4v) is 2.46. The van der Waals surface area contributed by atoms with Gasteiger partial charge in [0.25, 0.3) is 0 Å². The molecule has 1 unspecified atom stereocenters. The Morgan fingerprint density at radius 3 is 2.42 bits per heavy atom. The van der Waals surface area contributed by atoms with E-state index >= 15 is 0 Å². The maximum Gasteiger partial charge on any atom is 0.407 e. The minimum Gasteiger partial charge on any atom is -0.465 e. The Balaban J connectivity index is 2.57. The molecular weight excluding hydrogens is 246 g/mol. The number of ether oxygens (including phenoxy) is 1. The average Bonchev–Trinajstić information content (AvgIpc) is 2.36. The van der Waals surface area contributed by atoms with Crippen LogP contribution in [-0.2, 0) is 9.53 Å². The first-order valence-corrected chi connectivity index (χ1v) is 6.77. The fraction of sp³-hybridized carbons (Fsp3) is 0.714. The van der Waals surface area contributed by atoms with E-state index in [0.29, 0.717) is 5.57 Å². The molecular formula is C14H23NO4. The molecule has 0 radical (unpaired) electrons. The lowest BCUT2D eigenvalue weighted by Gasteiger charge is -2.36. The number of rotatable bonds is 5. The average molecular weight is 269 g/mol. The summed E-state index contributed by atoms with van der Waals surface area (Å²) in [5, 5.41) is 9.34. The van der Waals surface area contributed by atoms with Gasteiger partial charge in [0, 0.05) is 11.6 Å². The van der Waals surface area contributed by atoms with Crippen molar-refractivity contribution < 1.29 is 19.4 Å². The summed E-state index contributed by atoms with van der Waals surface area (Å²) in [6.07, 6.45) is 4.14. The van der Waals surface area contributed by atoms with Crippen LogP contribution < -0.4 is 0 Å². The van der Waals surface area contributed by atoms with Crippen molar-refractivity contribution in [3.63, 3.8) is 0 Å². The number of carbonyl (C=O) groups excluding carboxylic acids is 1. The number of carboxylic acid groups (broad SMARTS) is 1. The number of amides is 1. The normalized spacial score (nSPS) is 17.6. The lowest BCUT2D eigenvalue weighted by Crippen LogP contribution is -2.48. The van der Waals surface area contributed by atoms with Crippen molar-refractivity contribution in [3.05, 3.63) is 12.2 Å². The topological polar surface area (TPSA) is 66.8 Å². The summed E-state index contributed by atoms with van der Waals surface area (Å²) >= 11 is 0. The van der Waals surface area contributed by atoms with Crippen LogP contribution in [0.5, 0.6) is 0 Å². The molecule has 0 aromatic carbocycles. The van der Waals surface area contributed by atoms with E-state index in [1.165, 1.54) is 11.3 Å². The zero-order valence-corrected chi connectivity index (χ0v) is 11.7. The standard InChI is InChI=1S/C14H23NO4/c1-10(2)13(16)19-9-11(3)15(14(17)18)12-7-5-4-6-8-12/h11-12H,1,4-9H2,2-3H3,(H,17,18). The minimum atomic E-state index is -0.939. The molecule has 1 amide bonds. The van der Waals surface area contributed by atoms with Crippen molar-refractivity contribution in [1.29, 1.82) is 0 Å². The predicted molar refractivity (Wildman–Crippen MR) is 72.0 cm³/mol. The Morgan fingerprint density at radius 1 is 1.37 bits per heavy atom. The number of esters is 1. The molecule has 0 spiro atoms. The number of hydrogen-bond acceptors (Lipinski definition) is 3. The highest BCUT2D eigenvalue weighted by Gasteiger charge is 2.29. The van der Waals surface area contributed by atoms with Crippen LogP contribution in [0.3, 0.4) is 0 Å². The number of carbonyl (C=O) groups is 2. The van der Waals surface area contributed by atoms with Gasteiger partial charge in [0.15, 0.2) is 0 Å². The maximum atomic E-state index is 11.4. The second-order valence-electron chi connectivity index (χ2n) is 5.21. The van der Waals surface area contributed by atoms with Gasteiger partial charge in [-0.1, -0.05) is 25.8 Å². The van der Waals surface area contributed by atoms with Crippen LogP contribution in [0.1, 0.15) is 46.0 Å². The summed E-state index contributed by atoms with van der Waals surface area (Å²) in [6, 6.07) is -0.284. The predicted octanol–water partition coefficient (Wildman–Crippen LogP) is 2.81. The molecule has 1 fully saturated rings. The molecule has 1 aliphatic carbocycles. The molecule has 1 atom stereocenters. The molecule has 1 rings (SSSR count). The largest absolute Gasteiger partial charge is 0.465 e. The molecule has 0 aromatic heterocycles. The van der Waals surface area contributed by atoms with E-state index in [2.05, 4.69) is 6.58 Å². The maximum absolute atomic E-state index is 11.4. The summed E-state index contributed by atoms with van der Waals surface area (Å²) in [6.45, 7) is 6.92. The van der Waals surface area contributed by atoms with Gasteiger partial charge in [-0.3, -0.25) is 4.90 Å². The van der Waals surface area contributed by atoms with Gasteiger partial charge in [-0.15, -0.1) is 0 Å². The third-order valence-electron chi connectivity index (χ3n) is 3.47. The van der Waals surface area contributed by atoms with Gasteiger partial charge in [-0.2, -0.15) is 0 Å². The van der Waals surface area contributed by atoms with Gasteiger partial charge in [-0.05, 0) is 26.7 Å². The first-order valence-electron chi connectivity index (χ1n) is 6.77. The van der Waals surface area contributed by atoms with E-state index in [1.54, 1.807) is 13.8 Å². The highest BCUT2D eigenvalue weighted by Crippen LogP contribution is 2.24. The van der Waals surface area contributed by atoms with Crippen molar-refractivity contribution in [2.75, 3.05) is 6.61 Å². The highest BCUT2D eigenvalue weighted by molar-refractivity contribution is 5.86. The first-order chi connectivity index (χ1) is 8.93. The minimum absolute atomic E-state index is 0.0461. The van der Waals surface area contributed by atoms with E-state index in [0.717, 1.165) is 25.7 Å². The van der Waals surface area contributed by atoms with Gasteiger partial charge in [0.2, 0.25) is 0 Å². The quantitative estimate of drug-likeness (QED) is 0.615. The van der Waals surface area contributed by atoms with E-state index < -0.39 is 12.1 Å². The van der Waals surface area contributed by atoms with Crippen molar-refractivity contribution in [2.24, 2.45) is 0 Å². The monoisotopic (exact) mass is 269 g/mol. The molecule has 5 heteroatoms. The van der Waals surface area contributed by atoms with Gasteiger partial charge >= 0.3 is 12.1 Å². The molecule has 1 aliphatic rings. The van der Waals surface area contributed by atoms with E-state index in [9.17, 15) is 14.7 Å². The third kappa shape index (κ3) is 4.58. The van der Waals surface area contributed by atoms with Crippen LogP contribution >= 0.6 is 0 Å². The summed E-state index contributed by atoms with van der Waals surface area (Å²) in [7, 11) is 0. The summed E-state index contributed by atoms with van der Waals surface area (Å²) < 4.78 is 5.04. The lowest BCUT2D eigenvalue weighted by atomic mass is 9.93. The molecule has 0 saturated heterocycles. The molecule has 0 heterocycles. The second kappa shape index (κ2) is 7.16. The molecule has 1 N–H and O–H groups in total. The van der Waals surface area contributed by atoms with Gasteiger partial charge in [-0.25, -0.2) is 9.59 Å². The third-order valence-corrected chi connectivity index (χ3v) is 3.47. The SMILES string of the molecule is C=C(C)C(=O)OCC(C)N(C(=O)O)C1CCCCC1. The van der Waals surface area contributed by atoms with Crippen molar-refractivity contribution in [1.82, 2.24) is 4.90 Å². The Kier molecular flexibility index (Phi) is 5.86. The first kappa shape index (κ1) is 15.5. The van der Waals surface area contributed by atoms with Crippen molar-refractivity contribution in [2.45, 2.75) is 58.0 Å².